The molecule has 0 unspecified atom stereocenters. The topological polar surface area (TPSA) is 43.1 Å². The monoisotopic (exact) mass is 297 g/mol. The molecule has 0 atom stereocenters. The first kappa shape index (κ1) is 9.60. The summed E-state index contributed by atoms with van der Waals surface area (Å²) < 4.78 is 12.9. The summed E-state index contributed by atoms with van der Waals surface area (Å²) in [6.45, 7) is 0. The van der Waals surface area contributed by atoms with Crippen molar-refractivity contribution in [2.45, 2.75) is 0 Å². The average molecular weight is 299 g/mol. The number of rotatable bonds is 1. The van der Waals surface area contributed by atoms with E-state index in [0.29, 0.717) is 0 Å². The Balaban J connectivity index is 3.33. The van der Waals surface area contributed by atoms with Gasteiger partial charge in [0.1, 0.15) is 5.82 Å². The molecule has 0 aromatic heterocycles. The van der Waals surface area contributed by atoms with Crippen LogP contribution in [0.15, 0.2) is 21.1 Å². The first-order valence-electron chi connectivity index (χ1n) is 2.81. The van der Waals surface area contributed by atoms with Gasteiger partial charge in [-0.15, -0.1) is 0 Å². The van der Waals surface area contributed by atoms with Gasteiger partial charge in [0.15, 0.2) is 0 Å². The lowest BCUT2D eigenvalue weighted by atomic mass is 10.3. The van der Waals surface area contributed by atoms with Crippen LogP contribution in [0.1, 0.15) is 0 Å². The summed E-state index contributed by atoms with van der Waals surface area (Å²) in [5.74, 6) is -0.535. The molecule has 0 bridgehead atoms. The van der Waals surface area contributed by atoms with E-state index >= 15 is 0 Å². The van der Waals surface area contributed by atoms with Crippen LogP contribution in [0.3, 0.4) is 0 Å². The summed E-state index contributed by atoms with van der Waals surface area (Å²) in [4.78, 5) is 9.73. The minimum atomic E-state index is -0.589. The predicted octanol–water partition coefficient (Wildman–Crippen LogP) is 3.26. The zero-order valence-electron chi connectivity index (χ0n) is 5.55. The van der Waals surface area contributed by atoms with Crippen LogP contribution >= 0.6 is 31.9 Å². The van der Waals surface area contributed by atoms with Crippen LogP contribution in [-0.2, 0) is 0 Å². The molecule has 0 aliphatic heterocycles. The molecule has 0 saturated heterocycles. The minimum Gasteiger partial charge on any atom is -0.258 e. The Morgan fingerprint density at radius 2 is 1.92 bits per heavy atom. The van der Waals surface area contributed by atoms with Crippen molar-refractivity contribution in [3.8, 4) is 0 Å². The fourth-order valence-electron chi connectivity index (χ4n) is 0.652. The number of hydrogen-bond donors (Lipinski definition) is 0. The van der Waals surface area contributed by atoms with Crippen molar-refractivity contribution >= 4 is 37.5 Å². The molecule has 1 aromatic carbocycles. The highest BCUT2D eigenvalue weighted by atomic mass is 79.9. The number of nitro groups is 1. The molecular weight excluding hydrogens is 297 g/mol. The van der Waals surface area contributed by atoms with E-state index in [0.717, 1.165) is 12.1 Å². The molecule has 0 radical (unpaired) electrons. The van der Waals surface area contributed by atoms with E-state index in [1.54, 1.807) is 0 Å². The summed E-state index contributed by atoms with van der Waals surface area (Å²) in [7, 11) is 0. The minimum absolute atomic E-state index is 0.0809. The zero-order valence-corrected chi connectivity index (χ0v) is 8.72. The Morgan fingerprint density at radius 3 is 2.42 bits per heavy atom. The van der Waals surface area contributed by atoms with Crippen molar-refractivity contribution in [3.05, 3.63) is 37.0 Å². The highest BCUT2D eigenvalue weighted by molar-refractivity contribution is 9.11. The summed E-state index contributed by atoms with van der Waals surface area (Å²) in [5.41, 5.74) is -0.164. The smallest absolute Gasteiger partial charge is 0.258 e. The fourth-order valence-corrected chi connectivity index (χ4v) is 1.44. The maximum Gasteiger partial charge on any atom is 0.284 e. The van der Waals surface area contributed by atoms with Gasteiger partial charge in [-0.1, -0.05) is 0 Å². The van der Waals surface area contributed by atoms with Crippen molar-refractivity contribution in [2.24, 2.45) is 0 Å². The molecule has 0 aliphatic rings. The first-order valence-corrected chi connectivity index (χ1v) is 4.40. The Hall–Kier alpha value is -0.490. The van der Waals surface area contributed by atoms with E-state index < -0.39 is 10.7 Å². The van der Waals surface area contributed by atoms with Crippen molar-refractivity contribution in [3.63, 3.8) is 0 Å². The lowest BCUT2D eigenvalue weighted by molar-refractivity contribution is -0.385. The Morgan fingerprint density at radius 1 is 1.33 bits per heavy atom. The maximum atomic E-state index is 12.7. The van der Waals surface area contributed by atoms with Crippen LogP contribution in [0.25, 0.3) is 0 Å². The molecule has 0 N–H and O–H groups in total. The summed E-state index contributed by atoms with van der Waals surface area (Å²) in [6, 6.07) is 2.15. The number of nitrogens with zero attached hydrogens (tertiary/aromatic N) is 1. The number of nitro benzene ring substituents is 1. The third-order valence-electron chi connectivity index (χ3n) is 1.19. The van der Waals surface area contributed by atoms with Crippen LogP contribution in [0.2, 0.25) is 0 Å². The van der Waals surface area contributed by atoms with Crippen LogP contribution in [0, 0.1) is 15.9 Å². The first-order chi connectivity index (χ1) is 5.52. The van der Waals surface area contributed by atoms with Gasteiger partial charge in [0.05, 0.1) is 13.9 Å². The molecule has 1 rings (SSSR count). The van der Waals surface area contributed by atoms with Crippen LogP contribution in [0.5, 0.6) is 0 Å². The largest absolute Gasteiger partial charge is 0.284 e. The molecule has 3 nitrogen and oxygen atoms in total. The van der Waals surface area contributed by atoms with E-state index in [2.05, 4.69) is 31.9 Å². The Bertz CT molecular complexity index is 343. The fraction of sp³-hybridized carbons (Fsp3) is 0. The van der Waals surface area contributed by atoms with Gasteiger partial charge in [-0.25, -0.2) is 4.39 Å². The lowest BCUT2D eigenvalue weighted by Gasteiger charge is -1.97. The highest BCUT2D eigenvalue weighted by Crippen LogP contribution is 2.30. The van der Waals surface area contributed by atoms with Crippen LogP contribution in [0.4, 0.5) is 10.1 Å². The normalized spacial score (nSPS) is 9.92. The van der Waals surface area contributed by atoms with E-state index in [9.17, 15) is 14.5 Å². The van der Waals surface area contributed by atoms with Crippen molar-refractivity contribution in [2.75, 3.05) is 0 Å². The van der Waals surface area contributed by atoms with Gasteiger partial charge >= 0.3 is 0 Å². The van der Waals surface area contributed by atoms with Gasteiger partial charge in [-0.2, -0.15) is 0 Å². The van der Waals surface area contributed by atoms with Crippen LogP contribution < -0.4 is 0 Å². The van der Waals surface area contributed by atoms with Gasteiger partial charge in [0.25, 0.3) is 5.69 Å². The molecule has 1 aromatic rings. The molecular formula is C6H2Br2FNO2. The molecule has 64 valence electrons. The van der Waals surface area contributed by atoms with E-state index in [1.807, 2.05) is 0 Å². The molecule has 0 fully saturated rings. The zero-order chi connectivity index (χ0) is 9.30. The number of hydrogen-bond acceptors (Lipinski definition) is 2. The molecule has 12 heavy (non-hydrogen) atoms. The summed E-state index contributed by atoms with van der Waals surface area (Å²) in [5, 5.41) is 10.3. The standard InChI is InChI=1S/C6H2Br2FNO2/c7-3-2-6(10(11)12)4(8)1-5(3)9/h1-2H. The van der Waals surface area contributed by atoms with E-state index in [-0.39, 0.29) is 14.6 Å². The quantitative estimate of drug-likeness (QED) is 0.454. The van der Waals surface area contributed by atoms with Gasteiger partial charge in [0.2, 0.25) is 0 Å². The summed E-state index contributed by atoms with van der Waals surface area (Å²) in [6.07, 6.45) is 0. The molecule has 0 amide bonds. The lowest BCUT2D eigenvalue weighted by Crippen LogP contribution is -1.90. The molecule has 0 saturated carbocycles. The van der Waals surface area contributed by atoms with E-state index in [1.165, 1.54) is 0 Å². The Labute approximate surface area is 84.0 Å². The number of benzene rings is 1. The van der Waals surface area contributed by atoms with Crippen molar-refractivity contribution < 1.29 is 9.31 Å². The van der Waals surface area contributed by atoms with Gasteiger partial charge in [-0.3, -0.25) is 10.1 Å². The summed E-state index contributed by atoms with van der Waals surface area (Å²) >= 11 is 5.73. The number of halogens is 3. The average Bonchev–Trinajstić information content (AvgIpc) is 1.96. The molecule has 0 heterocycles. The Kier molecular flexibility index (Phi) is 2.79. The second kappa shape index (κ2) is 3.49. The van der Waals surface area contributed by atoms with Crippen molar-refractivity contribution in [1.29, 1.82) is 0 Å². The van der Waals surface area contributed by atoms with Gasteiger partial charge in [-0.05, 0) is 37.9 Å². The maximum absolute atomic E-state index is 12.7. The molecule has 0 aliphatic carbocycles. The van der Waals surface area contributed by atoms with Gasteiger partial charge in [0, 0.05) is 6.07 Å². The highest BCUT2D eigenvalue weighted by Gasteiger charge is 2.14. The third-order valence-corrected chi connectivity index (χ3v) is 2.43. The second-order valence-corrected chi connectivity index (χ2v) is 3.68. The SMILES string of the molecule is O=[N+]([O-])c1cc(Br)c(F)cc1Br. The van der Waals surface area contributed by atoms with Crippen LogP contribution in [-0.4, -0.2) is 4.92 Å². The predicted molar refractivity (Wildman–Crippen MR) is 48.5 cm³/mol. The third kappa shape index (κ3) is 1.81. The van der Waals surface area contributed by atoms with E-state index in [4.69, 9.17) is 0 Å². The molecule has 6 heteroatoms. The van der Waals surface area contributed by atoms with Gasteiger partial charge < -0.3 is 0 Å². The van der Waals surface area contributed by atoms with Crippen molar-refractivity contribution in [1.82, 2.24) is 0 Å². The molecule has 0 spiro atoms. The second-order valence-electron chi connectivity index (χ2n) is 1.97.